The number of rotatable bonds is 1. The third-order valence-corrected chi connectivity index (χ3v) is 2.43. The molecule has 1 aromatic heterocycles. The van der Waals surface area contributed by atoms with Crippen molar-refractivity contribution in [3.05, 3.63) is 42.2 Å². The molecule has 0 amide bonds. The van der Waals surface area contributed by atoms with Gasteiger partial charge in [0.25, 0.3) is 0 Å². The molecule has 2 rings (SSSR count). The second-order valence-corrected chi connectivity index (χ2v) is 3.43. The molecule has 2 nitrogen and oxygen atoms in total. The maximum Gasteiger partial charge on any atom is 0.125 e. The SMILES string of the molecule is OC1(c2ccccn2)C=CCCC1. The molecule has 0 spiro atoms. The van der Waals surface area contributed by atoms with E-state index in [1.165, 1.54) is 0 Å². The molecule has 0 radical (unpaired) electrons. The monoisotopic (exact) mass is 175 g/mol. The first-order chi connectivity index (χ1) is 6.31. The van der Waals surface area contributed by atoms with Crippen LogP contribution in [0, 0.1) is 0 Å². The summed E-state index contributed by atoms with van der Waals surface area (Å²) in [6, 6.07) is 5.64. The van der Waals surface area contributed by atoms with E-state index < -0.39 is 5.60 Å². The Morgan fingerprint density at radius 1 is 1.38 bits per heavy atom. The Bertz CT molecular complexity index is 307. The van der Waals surface area contributed by atoms with Gasteiger partial charge in [-0.3, -0.25) is 4.98 Å². The Hall–Kier alpha value is -1.15. The maximum absolute atomic E-state index is 10.2. The van der Waals surface area contributed by atoms with Crippen LogP contribution < -0.4 is 0 Å². The van der Waals surface area contributed by atoms with Crippen LogP contribution in [0.2, 0.25) is 0 Å². The Kier molecular flexibility index (Phi) is 2.15. The van der Waals surface area contributed by atoms with Crippen LogP contribution in [-0.2, 0) is 5.60 Å². The molecule has 1 aromatic rings. The highest BCUT2D eigenvalue weighted by Crippen LogP contribution is 2.30. The minimum absolute atomic E-state index is 0.756. The van der Waals surface area contributed by atoms with E-state index in [-0.39, 0.29) is 0 Å². The van der Waals surface area contributed by atoms with Crippen molar-refractivity contribution in [2.75, 3.05) is 0 Å². The second-order valence-electron chi connectivity index (χ2n) is 3.43. The third kappa shape index (κ3) is 1.63. The summed E-state index contributed by atoms with van der Waals surface area (Å²) in [6.07, 6.45) is 8.48. The molecule has 0 bridgehead atoms. The highest BCUT2D eigenvalue weighted by atomic mass is 16.3. The predicted octanol–water partition coefficient (Wildman–Crippen LogP) is 2.01. The molecule has 68 valence electrons. The van der Waals surface area contributed by atoms with Gasteiger partial charge in [0.15, 0.2) is 0 Å². The third-order valence-electron chi connectivity index (χ3n) is 2.43. The van der Waals surface area contributed by atoms with Gasteiger partial charge in [-0.25, -0.2) is 0 Å². The van der Waals surface area contributed by atoms with Gasteiger partial charge in [0.1, 0.15) is 5.60 Å². The molecule has 1 atom stereocenters. The molecule has 1 aliphatic carbocycles. The molecule has 13 heavy (non-hydrogen) atoms. The fourth-order valence-corrected chi connectivity index (χ4v) is 1.68. The van der Waals surface area contributed by atoms with E-state index in [2.05, 4.69) is 4.98 Å². The number of pyridine rings is 1. The zero-order valence-electron chi connectivity index (χ0n) is 7.48. The molecule has 0 aliphatic heterocycles. The molecule has 0 aromatic carbocycles. The van der Waals surface area contributed by atoms with Gasteiger partial charge < -0.3 is 5.11 Å². The molecule has 1 N–H and O–H groups in total. The quantitative estimate of drug-likeness (QED) is 0.662. The van der Waals surface area contributed by atoms with Crippen molar-refractivity contribution < 1.29 is 5.11 Å². The van der Waals surface area contributed by atoms with Gasteiger partial charge in [-0.2, -0.15) is 0 Å². The summed E-state index contributed by atoms with van der Waals surface area (Å²) in [6.45, 7) is 0. The topological polar surface area (TPSA) is 33.1 Å². The number of allylic oxidation sites excluding steroid dienone is 1. The fourth-order valence-electron chi connectivity index (χ4n) is 1.68. The normalized spacial score (nSPS) is 27.5. The van der Waals surface area contributed by atoms with E-state index in [1.54, 1.807) is 6.20 Å². The lowest BCUT2D eigenvalue weighted by molar-refractivity contribution is 0.0681. The van der Waals surface area contributed by atoms with E-state index in [4.69, 9.17) is 0 Å². The summed E-state index contributed by atoms with van der Waals surface area (Å²) in [4.78, 5) is 4.17. The zero-order chi connectivity index (χ0) is 9.15. The molecule has 0 saturated heterocycles. The zero-order valence-corrected chi connectivity index (χ0v) is 7.48. The first kappa shape index (κ1) is 8.45. The summed E-state index contributed by atoms with van der Waals surface area (Å²) in [5.41, 5.74) is -0.0644. The summed E-state index contributed by atoms with van der Waals surface area (Å²) >= 11 is 0. The number of nitrogens with zero attached hydrogens (tertiary/aromatic N) is 1. The number of aromatic nitrogens is 1. The van der Waals surface area contributed by atoms with Gasteiger partial charge in [-0.1, -0.05) is 18.2 Å². The van der Waals surface area contributed by atoms with Crippen LogP contribution in [0.3, 0.4) is 0 Å². The molecule has 1 aliphatic rings. The van der Waals surface area contributed by atoms with Crippen molar-refractivity contribution in [2.24, 2.45) is 0 Å². The van der Waals surface area contributed by atoms with Crippen LogP contribution in [0.25, 0.3) is 0 Å². The van der Waals surface area contributed by atoms with E-state index in [0.717, 1.165) is 25.0 Å². The summed E-state index contributed by atoms with van der Waals surface area (Å²) < 4.78 is 0. The molecule has 0 saturated carbocycles. The summed E-state index contributed by atoms with van der Waals surface area (Å²) in [5.74, 6) is 0. The Morgan fingerprint density at radius 2 is 2.31 bits per heavy atom. The van der Waals surface area contributed by atoms with Gasteiger partial charge in [-0.15, -0.1) is 0 Å². The van der Waals surface area contributed by atoms with Crippen LogP contribution in [-0.4, -0.2) is 10.1 Å². The minimum Gasteiger partial charge on any atom is -0.379 e. The number of aliphatic hydroxyl groups is 1. The van der Waals surface area contributed by atoms with Crippen LogP contribution in [0.1, 0.15) is 25.0 Å². The maximum atomic E-state index is 10.2. The molecule has 2 heteroatoms. The molecular formula is C11H13NO. The van der Waals surface area contributed by atoms with Crippen molar-refractivity contribution >= 4 is 0 Å². The second kappa shape index (κ2) is 3.30. The van der Waals surface area contributed by atoms with Crippen molar-refractivity contribution in [3.63, 3.8) is 0 Å². The van der Waals surface area contributed by atoms with Crippen LogP contribution >= 0.6 is 0 Å². The molecule has 1 heterocycles. The number of hydrogen-bond acceptors (Lipinski definition) is 2. The highest BCUT2D eigenvalue weighted by molar-refractivity contribution is 5.21. The first-order valence-corrected chi connectivity index (χ1v) is 4.63. The lowest BCUT2D eigenvalue weighted by atomic mass is 9.88. The molecular weight excluding hydrogens is 162 g/mol. The lowest BCUT2D eigenvalue weighted by Crippen LogP contribution is -2.25. The molecule has 0 fully saturated rings. The smallest absolute Gasteiger partial charge is 0.125 e. The van der Waals surface area contributed by atoms with Gasteiger partial charge in [0, 0.05) is 6.20 Å². The minimum atomic E-state index is -0.820. The van der Waals surface area contributed by atoms with E-state index in [1.807, 2.05) is 30.4 Å². The van der Waals surface area contributed by atoms with Gasteiger partial charge in [0.2, 0.25) is 0 Å². The van der Waals surface area contributed by atoms with E-state index in [9.17, 15) is 5.11 Å². The van der Waals surface area contributed by atoms with Crippen molar-refractivity contribution in [1.82, 2.24) is 4.98 Å². The first-order valence-electron chi connectivity index (χ1n) is 4.63. The van der Waals surface area contributed by atoms with Crippen LogP contribution in [0.15, 0.2) is 36.5 Å². The predicted molar refractivity (Wildman–Crippen MR) is 51.1 cm³/mol. The van der Waals surface area contributed by atoms with Crippen LogP contribution in [0.5, 0.6) is 0 Å². The summed E-state index contributed by atoms with van der Waals surface area (Å²) in [5, 5.41) is 10.2. The van der Waals surface area contributed by atoms with Gasteiger partial charge in [0.05, 0.1) is 5.69 Å². The van der Waals surface area contributed by atoms with Crippen molar-refractivity contribution in [1.29, 1.82) is 0 Å². The fraction of sp³-hybridized carbons (Fsp3) is 0.364. The largest absolute Gasteiger partial charge is 0.379 e. The summed E-state index contributed by atoms with van der Waals surface area (Å²) in [7, 11) is 0. The Balaban J connectivity index is 2.34. The Morgan fingerprint density at radius 3 is 2.92 bits per heavy atom. The highest BCUT2D eigenvalue weighted by Gasteiger charge is 2.28. The van der Waals surface area contributed by atoms with Gasteiger partial charge in [-0.05, 0) is 31.4 Å². The van der Waals surface area contributed by atoms with Crippen LogP contribution in [0.4, 0.5) is 0 Å². The lowest BCUT2D eigenvalue weighted by Gasteiger charge is -2.26. The van der Waals surface area contributed by atoms with Gasteiger partial charge >= 0.3 is 0 Å². The van der Waals surface area contributed by atoms with E-state index in [0.29, 0.717) is 0 Å². The average molecular weight is 175 g/mol. The Labute approximate surface area is 77.9 Å². The molecule has 1 unspecified atom stereocenters. The average Bonchev–Trinajstić information content (AvgIpc) is 2.20. The number of hydrogen-bond donors (Lipinski definition) is 1. The van der Waals surface area contributed by atoms with Crippen molar-refractivity contribution in [2.45, 2.75) is 24.9 Å². The van der Waals surface area contributed by atoms with E-state index >= 15 is 0 Å². The van der Waals surface area contributed by atoms with Crippen molar-refractivity contribution in [3.8, 4) is 0 Å². The standard InChI is InChI=1S/C11H13NO/c13-11(7-3-1-4-8-11)10-6-2-5-9-12-10/h2-3,5-7,9,13H,1,4,8H2.